The van der Waals surface area contributed by atoms with Crippen LogP contribution in [0.25, 0.3) is 0 Å². The van der Waals surface area contributed by atoms with Gasteiger partial charge < -0.3 is 10.3 Å². The van der Waals surface area contributed by atoms with Gasteiger partial charge in [0.1, 0.15) is 0 Å². The van der Waals surface area contributed by atoms with Crippen molar-refractivity contribution >= 4 is 0 Å². The third-order valence-corrected chi connectivity index (χ3v) is 3.33. The van der Waals surface area contributed by atoms with E-state index in [1.165, 1.54) is 0 Å². The average Bonchev–Trinajstić information content (AvgIpc) is 2.91. The number of hydrogen-bond acceptors (Lipinski definition) is 2. The van der Waals surface area contributed by atoms with Crippen molar-refractivity contribution in [3.05, 3.63) is 54.1 Å². The number of nitrogens with two attached hydrogens (primary N) is 1. The molecule has 2 aromatic rings. The van der Waals surface area contributed by atoms with Crippen LogP contribution in [0.5, 0.6) is 0 Å². The van der Waals surface area contributed by atoms with Gasteiger partial charge >= 0.3 is 6.18 Å². The van der Waals surface area contributed by atoms with Crippen LogP contribution in [0.4, 0.5) is 13.2 Å². The molecular formula is C15H18F3N3. The first-order valence-corrected chi connectivity index (χ1v) is 6.84. The van der Waals surface area contributed by atoms with E-state index in [1.807, 2.05) is 34.9 Å². The van der Waals surface area contributed by atoms with Gasteiger partial charge in [0.2, 0.25) is 0 Å². The van der Waals surface area contributed by atoms with Crippen LogP contribution in [0.3, 0.4) is 0 Å². The Morgan fingerprint density at radius 2 is 1.86 bits per heavy atom. The zero-order valence-electron chi connectivity index (χ0n) is 11.6. The number of hydrogen-bond donors (Lipinski definition) is 1. The lowest BCUT2D eigenvalue weighted by molar-refractivity contribution is -0.135. The van der Waals surface area contributed by atoms with E-state index in [1.54, 1.807) is 12.5 Å². The molecule has 1 atom stereocenters. The minimum Gasteiger partial charge on any atom is -0.333 e. The second kappa shape index (κ2) is 6.76. The number of nitrogens with zero attached hydrogens (tertiary/aromatic N) is 2. The van der Waals surface area contributed by atoms with Crippen LogP contribution in [0.1, 0.15) is 36.6 Å². The summed E-state index contributed by atoms with van der Waals surface area (Å²) in [5, 5.41) is 0. The Morgan fingerprint density at radius 1 is 1.14 bits per heavy atom. The first-order valence-electron chi connectivity index (χ1n) is 6.84. The van der Waals surface area contributed by atoms with Crippen LogP contribution in [0.15, 0.2) is 42.9 Å². The van der Waals surface area contributed by atoms with Crippen molar-refractivity contribution in [2.24, 2.45) is 5.73 Å². The van der Waals surface area contributed by atoms with E-state index in [2.05, 4.69) is 4.98 Å². The van der Waals surface area contributed by atoms with Crippen molar-refractivity contribution in [2.75, 3.05) is 0 Å². The van der Waals surface area contributed by atoms with E-state index >= 15 is 0 Å². The molecule has 0 saturated heterocycles. The van der Waals surface area contributed by atoms with Crippen molar-refractivity contribution in [3.63, 3.8) is 0 Å². The molecule has 21 heavy (non-hydrogen) atoms. The number of aryl methyl sites for hydroxylation is 1. The monoisotopic (exact) mass is 297 g/mol. The minimum absolute atomic E-state index is 0.113. The van der Waals surface area contributed by atoms with Crippen LogP contribution in [-0.4, -0.2) is 15.7 Å². The summed E-state index contributed by atoms with van der Waals surface area (Å²) in [6, 6.07) is 9.23. The van der Waals surface area contributed by atoms with E-state index < -0.39 is 12.6 Å². The van der Waals surface area contributed by atoms with Crippen LogP contribution < -0.4 is 5.73 Å². The molecule has 0 aliphatic rings. The molecular weight excluding hydrogens is 279 g/mol. The highest BCUT2D eigenvalue weighted by Crippen LogP contribution is 2.23. The second-order valence-electron chi connectivity index (χ2n) is 4.97. The highest BCUT2D eigenvalue weighted by molar-refractivity contribution is 5.26. The third kappa shape index (κ3) is 4.60. The van der Waals surface area contributed by atoms with Crippen molar-refractivity contribution < 1.29 is 13.2 Å². The average molecular weight is 297 g/mol. The molecule has 0 aliphatic heterocycles. The lowest BCUT2D eigenvalue weighted by atomic mass is 10.1. The number of imidazole rings is 1. The fraction of sp³-hybridized carbons (Fsp3) is 0.400. The number of halogens is 3. The van der Waals surface area contributed by atoms with Gasteiger partial charge in [-0.2, -0.15) is 13.2 Å². The molecule has 1 heterocycles. The molecule has 2 N–H and O–H groups in total. The van der Waals surface area contributed by atoms with Crippen LogP contribution in [0, 0.1) is 0 Å². The predicted octanol–water partition coefficient (Wildman–Crippen LogP) is 3.66. The lowest BCUT2D eigenvalue weighted by Gasteiger charge is -2.15. The molecule has 0 bridgehead atoms. The van der Waals surface area contributed by atoms with Gasteiger partial charge in [0.15, 0.2) is 0 Å². The first kappa shape index (κ1) is 15.6. The SMILES string of the molecule is NC(c1ccccc1)c1cncn1CCCCC(F)(F)F. The molecule has 0 fully saturated rings. The normalized spacial score (nSPS) is 13.3. The van der Waals surface area contributed by atoms with Crippen molar-refractivity contribution in [3.8, 4) is 0 Å². The molecule has 1 aromatic heterocycles. The molecule has 2 rings (SSSR count). The van der Waals surface area contributed by atoms with Gasteiger partial charge in [-0.1, -0.05) is 30.3 Å². The maximum Gasteiger partial charge on any atom is 0.389 e. The Labute approximate surface area is 121 Å². The fourth-order valence-corrected chi connectivity index (χ4v) is 2.22. The maximum absolute atomic E-state index is 12.1. The Kier molecular flexibility index (Phi) is 5.01. The first-order chi connectivity index (χ1) is 9.97. The second-order valence-corrected chi connectivity index (χ2v) is 4.97. The van der Waals surface area contributed by atoms with E-state index in [-0.39, 0.29) is 12.5 Å². The zero-order chi connectivity index (χ0) is 15.3. The number of unbranched alkanes of at least 4 members (excludes halogenated alkanes) is 1. The van der Waals surface area contributed by atoms with E-state index in [9.17, 15) is 13.2 Å². The molecule has 0 saturated carbocycles. The van der Waals surface area contributed by atoms with Gasteiger partial charge in [-0.05, 0) is 18.4 Å². The summed E-state index contributed by atoms with van der Waals surface area (Å²) in [6.45, 7) is 0.492. The predicted molar refractivity (Wildman–Crippen MR) is 74.6 cm³/mol. The topological polar surface area (TPSA) is 43.8 Å². The largest absolute Gasteiger partial charge is 0.389 e. The molecule has 0 spiro atoms. The fourth-order valence-electron chi connectivity index (χ4n) is 2.22. The van der Waals surface area contributed by atoms with E-state index in [4.69, 9.17) is 5.73 Å². The molecule has 6 heteroatoms. The van der Waals surface area contributed by atoms with Gasteiger partial charge in [-0.3, -0.25) is 0 Å². The molecule has 0 aliphatic carbocycles. The highest BCUT2D eigenvalue weighted by atomic mass is 19.4. The molecule has 0 amide bonds. The van der Waals surface area contributed by atoms with Crippen LogP contribution >= 0.6 is 0 Å². The Bertz CT molecular complexity index is 549. The summed E-state index contributed by atoms with van der Waals surface area (Å²) in [5.74, 6) is 0. The third-order valence-electron chi connectivity index (χ3n) is 3.33. The number of rotatable bonds is 6. The van der Waals surface area contributed by atoms with E-state index in [0.717, 1.165) is 11.3 Å². The molecule has 1 unspecified atom stereocenters. The van der Waals surface area contributed by atoms with Crippen molar-refractivity contribution in [1.82, 2.24) is 9.55 Å². The minimum atomic E-state index is -4.09. The summed E-state index contributed by atoms with van der Waals surface area (Å²) >= 11 is 0. The summed E-state index contributed by atoms with van der Waals surface area (Å²) in [6.07, 6.45) is -0.987. The molecule has 3 nitrogen and oxygen atoms in total. The standard InChI is InChI=1S/C15H18F3N3/c16-15(17,18)8-4-5-9-21-11-20-10-13(21)14(19)12-6-2-1-3-7-12/h1-3,6-7,10-11,14H,4-5,8-9,19H2. The smallest absolute Gasteiger partial charge is 0.333 e. The number of aromatic nitrogens is 2. The van der Waals surface area contributed by atoms with Gasteiger partial charge in [-0.15, -0.1) is 0 Å². The van der Waals surface area contributed by atoms with Crippen LogP contribution in [-0.2, 0) is 6.54 Å². The van der Waals surface area contributed by atoms with Gasteiger partial charge in [0.25, 0.3) is 0 Å². The summed E-state index contributed by atoms with van der Waals surface area (Å²) in [4.78, 5) is 4.06. The summed E-state index contributed by atoms with van der Waals surface area (Å²) in [5.41, 5.74) is 7.96. The molecule has 114 valence electrons. The summed E-state index contributed by atoms with van der Waals surface area (Å²) < 4.78 is 38.2. The maximum atomic E-state index is 12.1. The lowest BCUT2D eigenvalue weighted by Crippen LogP contribution is -2.17. The quantitative estimate of drug-likeness (QED) is 0.827. The number of benzene rings is 1. The van der Waals surface area contributed by atoms with Crippen molar-refractivity contribution in [1.29, 1.82) is 0 Å². The zero-order valence-corrected chi connectivity index (χ0v) is 11.6. The number of alkyl halides is 3. The Hall–Kier alpha value is -1.82. The highest BCUT2D eigenvalue weighted by Gasteiger charge is 2.25. The summed E-state index contributed by atoms with van der Waals surface area (Å²) in [7, 11) is 0. The molecule has 1 aromatic carbocycles. The molecule has 0 radical (unpaired) electrons. The van der Waals surface area contributed by atoms with Gasteiger partial charge in [0.05, 0.1) is 24.3 Å². The Morgan fingerprint density at radius 3 is 2.52 bits per heavy atom. The van der Waals surface area contributed by atoms with Gasteiger partial charge in [-0.25, -0.2) is 4.98 Å². The van der Waals surface area contributed by atoms with E-state index in [0.29, 0.717) is 13.0 Å². The van der Waals surface area contributed by atoms with Crippen molar-refractivity contribution in [2.45, 2.75) is 38.0 Å². The Balaban J connectivity index is 1.96. The van der Waals surface area contributed by atoms with Gasteiger partial charge in [0, 0.05) is 13.0 Å². The van der Waals surface area contributed by atoms with Crippen LogP contribution in [0.2, 0.25) is 0 Å².